The number of aromatic nitrogens is 2. The van der Waals surface area contributed by atoms with Gasteiger partial charge < -0.3 is 4.98 Å². The maximum Gasteiger partial charge on any atom is 0.161 e. The van der Waals surface area contributed by atoms with E-state index in [1.165, 1.54) is 0 Å². The van der Waals surface area contributed by atoms with Gasteiger partial charge in [-0.25, -0.2) is 13.8 Å². The van der Waals surface area contributed by atoms with E-state index in [2.05, 4.69) is 15.0 Å². The minimum Gasteiger partial charge on any atom is -0.337 e. The number of H-pyrrole nitrogens is 1. The monoisotopic (exact) mass is 233 g/mol. The van der Waals surface area contributed by atoms with Crippen molar-refractivity contribution in [2.45, 2.75) is 6.42 Å². The van der Waals surface area contributed by atoms with E-state index in [0.717, 1.165) is 18.6 Å². The van der Waals surface area contributed by atoms with Crippen molar-refractivity contribution >= 4 is 16.7 Å². The standard InChI is InChI=1S/C12H9F2N3/c13-7-5-10-11(6-8(7)14)17-12(16-10)9-3-1-2-4-15-9/h1,3,5-6H,2,4H2,(H,16,17). The number of aliphatic imine (C=N–C) groups is 1. The molecule has 1 aromatic carbocycles. The third-order valence-electron chi connectivity index (χ3n) is 2.62. The third-order valence-corrected chi connectivity index (χ3v) is 2.62. The van der Waals surface area contributed by atoms with Crippen molar-refractivity contribution in [2.24, 2.45) is 4.99 Å². The van der Waals surface area contributed by atoms with Gasteiger partial charge in [-0.1, -0.05) is 6.08 Å². The number of benzene rings is 1. The molecule has 0 fully saturated rings. The number of allylic oxidation sites excluding steroid dienone is 1. The van der Waals surface area contributed by atoms with Crippen molar-refractivity contribution in [3.05, 3.63) is 41.7 Å². The van der Waals surface area contributed by atoms with E-state index < -0.39 is 11.6 Å². The molecule has 5 heteroatoms. The number of dihydropyridines is 1. The molecule has 0 atom stereocenters. The molecule has 1 N–H and O–H groups in total. The number of hydrogen-bond donors (Lipinski definition) is 1. The van der Waals surface area contributed by atoms with Crippen LogP contribution in [0.1, 0.15) is 12.2 Å². The van der Waals surface area contributed by atoms with E-state index in [1.807, 2.05) is 12.2 Å². The molecule has 1 aromatic heterocycles. The maximum absolute atomic E-state index is 13.0. The lowest BCUT2D eigenvalue weighted by Crippen LogP contribution is -2.04. The van der Waals surface area contributed by atoms with Gasteiger partial charge in [-0.2, -0.15) is 0 Å². The maximum atomic E-state index is 13.0. The molecule has 86 valence electrons. The van der Waals surface area contributed by atoms with Gasteiger partial charge >= 0.3 is 0 Å². The van der Waals surface area contributed by atoms with Gasteiger partial charge in [-0.05, 0) is 12.5 Å². The molecule has 1 aliphatic rings. The van der Waals surface area contributed by atoms with Crippen LogP contribution in [0.25, 0.3) is 11.0 Å². The minimum atomic E-state index is -0.892. The highest BCUT2D eigenvalue weighted by molar-refractivity contribution is 6.07. The smallest absolute Gasteiger partial charge is 0.161 e. The molecule has 0 radical (unpaired) electrons. The van der Waals surface area contributed by atoms with Crippen LogP contribution in [0.2, 0.25) is 0 Å². The highest BCUT2D eigenvalue weighted by atomic mass is 19.2. The summed E-state index contributed by atoms with van der Waals surface area (Å²) in [4.78, 5) is 11.4. The lowest BCUT2D eigenvalue weighted by atomic mass is 10.2. The molecule has 0 aliphatic carbocycles. The first-order valence-electron chi connectivity index (χ1n) is 5.30. The first-order valence-corrected chi connectivity index (χ1v) is 5.30. The number of fused-ring (bicyclic) bond motifs is 1. The van der Waals surface area contributed by atoms with Gasteiger partial charge in [0.1, 0.15) is 0 Å². The van der Waals surface area contributed by atoms with Gasteiger partial charge in [0.15, 0.2) is 17.5 Å². The zero-order chi connectivity index (χ0) is 11.8. The Labute approximate surface area is 95.9 Å². The molecular weight excluding hydrogens is 224 g/mol. The Morgan fingerprint density at radius 1 is 1.18 bits per heavy atom. The molecule has 0 amide bonds. The van der Waals surface area contributed by atoms with Gasteiger partial charge in [-0.15, -0.1) is 0 Å². The largest absolute Gasteiger partial charge is 0.337 e. The van der Waals surface area contributed by atoms with Gasteiger partial charge in [0.05, 0.1) is 16.7 Å². The summed E-state index contributed by atoms with van der Waals surface area (Å²) in [5, 5.41) is 0. The molecule has 0 saturated carbocycles. The minimum absolute atomic E-state index is 0.403. The van der Waals surface area contributed by atoms with Crippen LogP contribution < -0.4 is 0 Å². The Hall–Kier alpha value is -2.04. The fraction of sp³-hybridized carbons (Fsp3) is 0.167. The SMILES string of the molecule is Fc1cc2nc(C3=NCCC=C3)[nH]c2cc1F. The number of rotatable bonds is 1. The summed E-state index contributed by atoms with van der Waals surface area (Å²) in [7, 11) is 0. The molecule has 0 unspecified atom stereocenters. The Morgan fingerprint density at radius 2 is 2.00 bits per heavy atom. The van der Waals surface area contributed by atoms with E-state index in [0.29, 0.717) is 29.1 Å². The van der Waals surface area contributed by atoms with E-state index in [-0.39, 0.29) is 0 Å². The summed E-state index contributed by atoms with van der Waals surface area (Å²) >= 11 is 0. The summed E-state index contributed by atoms with van der Waals surface area (Å²) in [6, 6.07) is 2.19. The van der Waals surface area contributed by atoms with Crippen molar-refractivity contribution in [3.63, 3.8) is 0 Å². The fourth-order valence-electron chi connectivity index (χ4n) is 1.79. The van der Waals surface area contributed by atoms with E-state index in [9.17, 15) is 8.78 Å². The van der Waals surface area contributed by atoms with Crippen molar-refractivity contribution in [1.29, 1.82) is 0 Å². The summed E-state index contributed by atoms with van der Waals surface area (Å²) < 4.78 is 26.1. The second kappa shape index (κ2) is 3.76. The molecule has 1 aliphatic heterocycles. The van der Waals surface area contributed by atoms with Crippen molar-refractivity contribution in [3.8, 4) is 0 Å². The normalized spacial score (nSPS) is 15.3. The third kappa shape index (κ3) is 1.73. The predicted molar refractivity (Wildman–Crippen MR) is 61.2 cm³/mol. The Kier molecular flexibility index (Phi) is 2.24. The quantitative estimate of drug-likeness (QED) is 0.808. The first-order chi connectivity index (χ1) is 8.24. The molecule has 2 aromatic rings. The van der Waals surface area contributed by atoms with Crippen LogP contribution >= 0.6 is 0 Å². The predicted octanol–water partition coefficient (Wildman–Crippen LogP) is 2.59. The molecule has 0 bridgehead atoms. The number of hydrogen-bond acceptors (Lipinski definition) is 2. The molecule has 17 heavy (non-hydrogen) atoms. The summed E-state index contributed by atoms with van der Waals surface area (Å²) in [5.41, 5.74) is 1.59. The van der Waals surface area contributed by atoms with Crippen LogP contribution in [-0.4, -0.2) is 22.2 Å². The molecule has 0 saturated heterocycles. The van der Waals surface area contributed by atoms with Crippen LogP contribution in [0.15, 0.2) is 29.3 Å². The van der Waals surface area contributed by atoms with E-state index in [4.69, 9.17) is 0 Å². The zero-order valence-electron chi connectivity index (χ0n) is 8.87. The summed E-state index contributed by atoms with van der Waals surface area (Å²) in [6.07, 6.45) is 4.76. The first kappa shape index (κ1) is 10.1. The van der Waals surface area contributed by atoms with Crippen LogP contribution in [0.5, 0.6) is 0 Å². The second-order valence-corrected chi connectivity index (χ2v) is 3.83. The van der Waals surface area contributed by atoms with Crippen molar-refractivity contribution in [2.75, 3.05) is 6.54 Å². The lowest BCUT2D eigenvalue weighted by molar-refractivity contribution is 0.510. The van der Waals surface area contributed by atoms with Crippen LogP contribution in [0, 0.1) is 11.6 Å². The molecule has 2 heterocycles. The number of aromatic amines is 1. The van der Waals surface area contributed by atoms with Crippen molar-refractivity contribution < 1.29 is 8.78 Å². The Balaban J connectivity index is 2.13. The second-order valence-electron chi connectivity index (χ2n) is 3.83. The van der Waals surface area contributed by atoms with Gasteiger partial charge in [0.2, 0.25) is 0 Å². The van der Waals surface area contributed by atoms with Gasteiger partial charge in [0, 0.05) is 18.7 Å². The molecule has 0 spiro atoms. The lowest BCUT2D eigenvalue weighted by Gasteiger charge is -2.01. The number of nitrogens with zero attached hydrogens (tertiary/aromatic N) is 2. The molecule has 3 nitrogen and oxygen atoms in total. The average Bonchev–Trinajstić information content (AvgIpc) is 2.74. The number of nitrogens with one attached hydrogen (secondary N) is 1. The highest BCUT2D eigenvalue weighted by Gasteiger charge is 2.11. The highest BCUT2D eigenvalue weighted by Crippen LogP contribution is 2.17. The summed E-state index contributed by atoms with van der Waals surface area (Å²) in [6.45, 7) is 0.714. The van der Waals surface area contributed by atoms with Crippen LogP contribution in [0.4, 0.5) is 8.78 Å². The van der Waals surface area contributed by atoms with Crippen LogP contribution in [-0.2, 0) is 0 Å². The fourth-order valence-corrected chi connectivity index (χ4v) is 1.79. The topological polar surface area (TPSA) is 41.0 Å². The number of imidazole rings is 1. The van der Waals surface area contributed by atoms with E-state index >= 15 is 0 Å². The van der Waals surface area contributed by atoms with Crippen molar-refractivity contribution in [1.82, 2.24) is 9.97 Å². The molecular formula is C12H9F2N3. The van der Waals surface area contributed by atoms with Crippen LogP contribution in [0.3, 0.4) is 0 Å². The molecule has 3 rings (SSSR count). The zero-order valence-corrected chi connectivity index (χ0v) is 8.87. The number of halogens is 2. The Morgan fingerprint density at radius 3 is 2.76 bits per heavy atom. The van der Waals surface area contributed by atoms with E-state index in [1.54, 1.807) is 0 Å². The average molecular weight is 233 g/mol. The van der Waals surface area contributed by atoms with Gasteiger partial charge in [0.25, 0.3) is 0 Å². The summed E-state index contributed by atoms with van der Waals surface area (Å²) in [5.74, 6) is -1.23. The van der Waals surface area contributed by atoms with Gasteiger partial charge in [-0.3, -0.25) is 4.99 Å². The Bertz CT molecular complexity index is 601.